The lowest BCUT2D eigenvalue weighted by Crippen LogP contribution is -2.11. The normalized spacial score (nSPS) is 10.5. The van der Waals surface area contributed by atoms with Crippen molar-refractivity contribution in [2.45, 2.75) is 20.3 Å². The van der Waals surface area contributed by atoms with E-state index in [1.165, 1.54) is 5.56 Å². The minimum Gasteiger partial charge on any atom is -0.362 e. The second kappa shape index (κ2) is 7.94. The quantitative estimate of drug-likeness (QED) is 0.653. The molecule has 1 heterocycles. The van der Waals surface area contributed by atoms with Gasteiger partial charge in [0, 0.05) is 28.7 Å². The molecule has 2 N–H and O–H groups in total. The number of rotatable bonds is 6. The van der Waals surface area contributed by atoms with Crippen LogP contribution in [0.25, 0.3) is 11.3 Å². The average molecular weight is 351 g/mol. The highest BCUT2D eigenvalue weighted by atomic mass is 32.1. The number of carbonyl (C=O) groups excluding carboxylic acids is 1. The number of aromatic nitrogens is 1. The molecular weight excluding hydrogens is 330 g/mol. The summed E-state index contributed by atoms with van der Waals surface area (Å²) in [6, 6.07) is 15.5. The summed E-state index contributed by atoms with van der Waals surface area (Å²) < 4.78 is 0. The Morgan fingerprint density at radius 3 is 2.64 bits per heavy atom. The molecule has 0 aliphatic rings. The van der Waals surface area contributed by atoms with E-state index in [0.29, 0.717) is 5.56 Å². The summed E-state index contributed by atoms with van der Waals surface area (Å²) in [5.41, 5.74) is 4.54. The first-order chi connectivity index (χ1) is 12.2. The molecule has 0 radical (unpaired) electrons. The topological polar surface area (TPSA) is 54.0 Å². The summed E-state index contributed by atoms with van der Waals surface area (Å²) >= 11 is 1.58. The van der Waals surface area contributed by atoms with Crippen LogP contribution in [0.5, 0.6) is 0 Å². The van der Waals surface area contributed by atoms with Crippen LogP contribution in [0.2, 0.25) is 0 Å². The molecule has 0 spiro atoms. The number of hydrogen-bond acceptors (Lipinski definition) is 4. The zero-order valence-electron chi connectivity index (χ0n) is 14.4. The highest BCUT2D eigenvalue weighted by molar-refractivity contribution is 7.14. The number of carbonyl (C=O) groups is 1. The third-order valence-electron chi connectivity index (χ3n) is 3.87. The number of benzene rings is 2. The maximum Gasteiger partial charge on any atom is 0.255 e. The number of nitrogens with one attached hydrogen (secondary N) is 2. The van der Waals surface area contributed by atoms with Crippen molar-refractivity contribution >= 4 is 28.1 Å². The monoisotopic (exact) mass is 351 g/mol. The molecule has 3 aromatic rings. The van der Waals surface area contributed by atoms with Crippen LogP contribution in [0.1, 0.15) is 29.8 Å². The van der Waals surface area contributed by atoms with Crippen LogP contribution >= 0.6 is 11.3 Å². The Balaban J connectivity index is 1.75. The van der Waals surface area contributed by atoms with Gasteiger partial charge in [0.1, 0.15) is 0 Å². The Morgan fingerprint density at radius 1 is 1.12 bits per heavy atom. The van der Waals surface area contributed by atoms with E-state index in [9.17, 15) is 4.79 Å². The predicted octanol–water partition coefficient (Wildman–Crippen LogP) is 5.06. The van der Waals surface area contributed by atoms with E-state index in [-0.39, 0.29) is 5.91 Å². The Bertz CT molecular complexity index is 855. The molecule has 128 valence electrons. The summed E-state index contributed by atoms with van der Waals surface area (Å²) in [6.45, 7) is 4.99. The highest BCUT2D eigenvalue weighted by Gasteiger charge is 2.08. The van der Waals surface area contributed by atoms with Crippen LogP contribution in [0, 0.1) is 0 Å². The van der Waals surface area contributed by atoms with Crippen molar-refractivity contribution in [3.05, 3.63) is 65.0 Å². The van der Waals surface area contributed by atoms with E-state index in [2.05, 4.69) is 22.5 Å². The third-order valence-corrected chi connectivity index (χ3v) is 4.67. The lowest BCUT2D eigenvalue weighted by molar-refractivity contribution is 0.102. The second-order valence-electron chi connectivity index (χ2n) is 5.65. The molecule has 1 amide bonds. The fourth-order valence-corrected chi connectivity index (χ4v) is 3.28. The van der Waals surface area contributed by atoms with Gasteiger partial charge < -0.3 is 10.6 Å². The van der Waals surface area contributed by atoms with Gasteiger partial charge in [0.25, 0.3) is 5.91 Å². The van der Waals surface area contributed by atoms with Crippen LogP contribution in [0.3, 0.4) is 0 Å². The van der Waals surface area contributed by atoms with E-state index in [1.54, 1.807) is 11.3 Å². The minimum atomic E-state index is -0.105. The highest BCUT2D eigenvalue weighted by Crippen LogP contribution is 2.26. The summed E-state index contributed by atoms with van der Waals surface area (Å²) in [6.07, 6.45) is 0.965. The molecule has 3 rings (SSSR count). The van der Waals surface area contributed by atoms with Gasteiger partial charge in [-0.25, -0.2) is 4.98 Å². The van der Waals surface area contributed by atoms with Gasteiger partial charge in [-0.15, -0.1) is 11.3 Å². The summed E-state index contributed by atoms with van der Waals surface area (Å²) in [4.78, 5) is 17.0. The largest absolute Gasteiger partial charge is 0.362 e. The van der Waals surface area contributed by atoms with Crippen molar-refractivity contribution in [1.82, 2.24) is 4.98 Å². The van der Waals surface area contributed by atoms with E-state index in [1.807, 2.05) is 60.8 Å². The SMILES string of the molecule is CCNc1nc(-c2cccc(NC(=O)c3ccc(CC)cc3)c2)cs1. The number of aryl methyl sites for hydroxylation is 1. The van der Waals surface area contributed by atoms with Crippen LogP contribution in [-0.4, -0.2) is 17.4 Å². The number of anilines is 2. The molecule has 2 aromatic carbocycles. The molecule has 0 unspecified atom stereocenters. The number of amides is 1. The molecule has 0 atom stereocenters. The lowest BCUT2D eigenvalue weighted by Gasteiger charge is -2.07. The zero-order valence-corrected chi connectivity index (χ0v) is 15.2. The standard InChI is InChI=1S/C20H21N3OS/c1-3-14-8-10-15(11-9-14)19(24)22-17-7-5-6-16(12-17)18-13-25-20(23-18)21-4-2/h5-13H,3-4H2,1-2H3,(H,21,23)(H,22,24). The van der Waals surface area contributed by atoms with Gasteiger partial charge in [-0.05, 0) is 43.2 Å². The van der Waals surface area contributed by atoms with Gasteiger partial charge in [-0.2, -0.15) is 0 Å². The zero-order chi connectivity index (χ0) is 17.6. The Morgan fingerprint density at radius 2 is 1.92 bits per heavy atom. The van der Waals surface area contributed by atoms with E-state index in [0.717, 1.165) is 35.0 Å². The molecule has 4 nitrogen and oxygen atoms in total. The van der Waals surface area contributed by atoms with E-state index < -0.39 is 0 Å². The Kier molecular flexibility index (Phi) is 5.46. The van der Waals surface area contributed by atoms with Crippen LogP contribution in [0.15, 0.2) is 53.9 Å². The van der Waals surface area contributed by atoms with Gasteiger partial charge in [0.15, 0.2) is 5.13 Å². The molecule has 5 heteroatoms. The van der Waals surface area contributed by atoms with Crippen molar-refractivity contribution < 1.29 is 4.79 Å². The van der Waals surface area contributed by atoms with Gasteiger partial charge >= 0.3 is 0 Å². The number of hydrogen-bond donors (Lipinski definition) is 2. The molecule has 0 saturated carbocycles. The smallest absolute Gasteiger partial charge is 0.255 e. The second-order valence-corrected chi connectivity index (χ2v) is 6.51. The summed E-state index contributed by atoms with van der Waals surface area (Å²) in [5.74, 6) is -0.105. The predicted molar refractivity (Wildman–Crippen MR) is 105 cm³/mol. The van der Waals surface area contributed by atoms with Gasteiger partial charge in [-0.3, -0.25) is 4.79 Å². The average Bonchev–Trinajstić information content (AvgIpc) is 3.11. The van der Waals surface area contributed by atoms with Crippen molar-refractivity contribution in [3.8, 4) is 11.3 Å². The van der Waals surface area contributed by atoms with Gasteiger partial charge in [0.2, 0.25) is 0 Å². The summed E-state index contributed by atoms with van der Waals surface area (Å²) in [5, 5.41) is 9.09. The molecule has 0 bridgehead atoms. The van der Waals surface area contributed by atoms with Crippen LogP contribution < -0.4 is 10.6 Å². The van der Waals surface area contributed by atoms with Crippen molar-refractivity contribution in [3.63, 3.8) is 0 Å². The lowest BCUT2D eigenvalue weighted by atomic mass is 10.1. The minimum absolute atomic E-state index is 0.105. The first-order valence-corrected chi connectivity index (χ1v) is 9.27. The molecule has 0 aliphatic heterocycles. The Labute approximate surface area is 151 Å². The maximum atomic E-state index is 12.4. The number of nitrogens with zero attached hydrogens (tertiary/aromatic N) is 1. The number of thiazole rings is 1. The van der Waals surface area contributed by atoms with Crippen LogP contribution in [-0.2, 0) is 6.42 Å². The summed E-state index contributed by atoms with van der Waals surface area (Å²) in [7, 11) is 0. The fraction of sp³-hybridized carbons (Fsp3) is 0.200. The molecule has 0 aliphatic carbocycles. The molecule has 25 heavy (non-hydrogen) atoms. The molecule has 0 fully saturated rings. The van der Waals surface area contributed by atoms with E-state index in [4.69, 9.17) is 0 Å². The third kappa shape index (κ3) is 4.25. The van der Waals surface area contributed by atoms with E-state index >= 15 is 0 Å². The Hall–Kier alpha value is -2.66. The molecule has 1 aromatic heterocycles. The van der Waals surface area contributed by atoms with Crippen LogP contribution in [0.4, 0.5) is 10.8 Å². The first-order valence-electron chi connectivity index (χ1n) is 8.39. The van der Waals surface area contributed by atoms with Crippen molar-refractivity contribution in [2.24, 2.45) is 0 Å². The van der Waals surface area contributed by atoms with Gasteiger partial charge in [0.05, 0.1) is 5.69 Å². The fourth-order valence-electron chi connectivity index (χ4n) is 2.49. The van der Waals surface area contributed by atoms with Gasteiger partial charge in [-0.1, -0.05) is 31.2 Å². The first kappa shape index (κ1) is 17.2. The molecular formula is C20H21N3OS. The van der Waals surface area contributed by atoms with Crippen molar-refractivity contribution in [2.75, 3.05) is 17.2 Å². The van der Waals surface area contributed by atoms with Crippen molar-refractivity contribution in [1.29, 1.82) is 0 Å². The maximum absolute atomic E-state index is 12.4. The molecule has 0 saturated heterocycles.